The number of allylic oxidation sites excluding steroid dienone is 3. The summed E-state index contributed by atoms with van der Waals surface area (Å²) in [6.45, 7) is 3.83. The second-order valence-electron chi connectivity index (χ2n) is 8.60. The number of carbonyl (C=O) groups is 3. The van der Waals surface area contributed by atoms with Crippen molar-refractivity contribution < 1.29 is 33.3 Å². The zero-order valence-electron chi connectivity index (χ0n) is 19.1. The lowest BCUT2D eigenvalue weighted by atomic mass is 9.82. The Morgan fingerprint density at radius 2 is 1.85 bits per heavy atom. The Labute approximate surface area is 192 Å². The molecule has 2 aliphatic heterocycles. The van der Waals surface area contributed by atoms with Gasteiger partial charge in [0.1, 0.15) is 25.1 Å². The average Bonchev–Trinajstić information content (AvgIpc) is 2.77. The van der Waals surface area contributed by atoms with Crippen LogP contribution < -0.4 is 10.6 Å². The molecule has 3 unspecified atom stereocenters. The van der Waals surface area contributed by atoms with Gasteiger partial charge in [-0.1, -0.05) is 18.2 Å². The van der Waals surface area contributed by atoms with Crippen LogP contribution in [-0.2, 0) is 33.3 Å². The topological polar surface area (TPSA) is 112 Å². The normalized spacial score (nSPS) is 30.1. The van der Waals surface area contributed by atoms with Gasteiger partial charge in [-0.05, 0) is 36.5 Å². The molecule has 5 atom stereocenters. The number of hydrogen-bond donors (Lipinski definition) is 2. The highest BCUT2D eigenvalue weighted by atomic mass is 16.6. The number of rotatable bonds is 6. The highest BCUT2D eigenvalue weighted by Crippen LogP contribution is 2.36. The number of hydrogen-bond acceptors (Lipinski definition) is 9. The molecule has 1 fully saturated rings. The molecule has 178 valence electrons. The van der Waals surface area contributed by atoms with Crippen LogP contribution in [0.1, 0.15) is 40.0 Å². The number of carbonyl (C=O) groups excluding carboxylic acids is 3. The van der Waals surface area contributed by atoms with Crippen molar-refractivity contribution in [3.63, 3.8) is 0 Å². The van der Waals surface area contributed by atoms with Gasteiger partial charge in [0.05, 0.1) is 5.92 Å². The van der Waals surface area contributed by atoms with Gasteiger partial charge in [0, 0.05) is 32.5 Å². The van der Waals surface area contributed by atoms with Crippen molar-refractivity contribution in [3.05, 3.63) is 46.9 Å². The van der Waals surface area contributed by atoms with E-state index >= 15 is 0 Å². The van der Waals surface area contributed by atoms with Crippen LogP contribution in [0.2, 0.25) is 0 Å². The molecule has 0 radical (unpaired) electrons. The molecule has 4 rings (SSSR count). The summed E-state index contributed by atoms with van der Waals surface area (Å²) >= 11 is 0. The molecule has 2 N–H and O–H groups in total. The largest absolute Gasteiger partial charge is 0.484 e. The maximum Gasteiger partial charge on any atom is 0.303 e. The molecule has 0 aromatic heterocycles. The third kappa shape index (κ3) is 5.30. The Morgan fingerprint density at radius 1 is 1.09 bits per heavy atom. The van der Waals surface area contributed by atoms with Crippen LogP contribution in [-0.4, -0.2) is 55.5 Å². The fraction of sp³-hybridized carbons (Fsp3) is 0.542. The molecule has 2 heterocycles. The number of esters is 3. The third-order valence-corrected chi connectivity index (χ3v) is 6.08. The summed E-state index contributed by atoms with van der Waals surface area (Å²) in [5.41, 5.74) is 3.73. The first-order chi connectivity index (χ1) is 15.8. The minimum atomic E-state index is -0.776. The molecule has 0 bridgehead atoms. The van der Waals surface area contributed by atoms with E-state index < -0.39 is 36.0 Å². The van der Waals surface area contributed by atoms with E-state index in [1.54, 1.807) is 0 Å². The van der Waals surface area contributed by atoms with Crippen LogP contribution >= 0.6 is 0 Å². The summed E-state index contributed by atoms with van der Waals surface area (Å²) in [6, 6.07) is 0.150. The predicted molar refractivity (Wildman–Crippen MR) is 117 cm³/mol. The van der Waals surface area contributed by atoms with Gasteiger partial charge >= 0.3 is 17.9 Å². The quantitative estimate of drug-likeness (QED) is 0.454. The molecule has 0 aromatic carbocycles. The standard InChI is InChI=1S/C24H30N2O7/c1-13(27)30-11-17-10-20(33-21(12-31-14(2)28)23(17)32-15(3)29)24-25-18-8-4-6-16-7-5-9-19(26-24)22(16)18/h4,6,9-10,17-18,21,23-26H,5,7-8,11-12H2,1-3H3/t17?,18?,21-,23+,24?/m1/s1. The van der Waals surface area contributed by atoms with Crippen LogP contribution in [0.15, 0.2) is 46.9 Å². The van der Waals surface area contributed by atoms with Gasteiger partial charge in [0.15, 0.2) is 12.2 Å². The second-order valence-corrected chi connectivity index (χ2v) is 8.60. The molecule has 0 spiro atoms. The molecular weight excluding hydrogens is 428 g/mol. The molecule has 9 nitrogen and oxygen atoms in total. The van der Waals surface area contributed by atoms with Crippen molar-refractivity contribution in [1.82, 2.24) is 10.6 Å². The van der Waals surface area contributed by atoms with Crippen molar-refractivity contribution in [3.8, 4) is 0 Å². The van der Waals surface area contributed by atoms with Crippen LogP contribution in [0, 0.1) is 5.92 Å². The fourth-order valence-corrected chi connectivity index (χ4v) is 4.74. The van der Waals surface area contributed by atoms with Gasteiger partial charge in [-0.3, -0.25) is 19.7 Å². The van der Waals surface area contributed by atoms with Gasteiger partial charge in [-0.15, -0.1) is 0 Å². The van der Waals surface area contributed by atoms with E-state index in [2.05, 4.69) is 28.9 Å². The molecule has 0 saturated carbocycles. The summed E-state index contributed by atoms with van der Waals surface area (Å²) in [7, 11) is 0. The Morgan fingerprint density at radius 3 is 2.58 bits per heavy atom. The lowest BCUT2D eigenvalue weighted by Gasteiger charge is -2.44. The monoisotopic (exact) mass is 458 g/mol. The highest BCUT2D eigenvalue weighted by Gasteiger charge is 2.42. The van der Waals surface area contributed by atoms with Gasteiger partial charge in [0.25, 0.3) is 0 Å². The van der Waals surface area contributed by atoms with Gasteiger partial charge in [0.2, 0.25) is 0 Å². The summed E-state index contributed by atoms with van der Waals surface area (Å²) in [6.07, 6.45) is 9.40. The lowest BCUT2D eigenvalue weighted by molar-refractivity contribution is -0.169. The van der Waals surface area contributed by atoms with Crippen LogP contribution in [0.25, 0.3) is 0 Å². The maximum atomic E-state index is 11.8. The van der Waals surface area contributed by atoms with Crippen molar-refractivity contribution >= 4 is 17.9 Å². The zero-order chi connectivity index (χ0) is 23.5. The first kappa shape index (κ1) is 23.1. The molecular formula is C24H30N2O7. The van der Waals surface area contributed by atoms with Crippen LogP contribution in [0.5, 0.6) is 0 Å². The SMILES string of the molecule is CC(=O)OCC1C=C(C2NC3=CCCC4=C3C(CC=C4)N2)O[C@H](COC(C)=O)[C@H]1OC(C)=O. The van der Waals surface area contributed by atoms with Gasteiger partial charge in [-0.25, -0.2) is 0 Å². The van der Waals surface area contributed by atoms with Crippen LogP contribution in [0.3, 0.4) is 0 Å². The van der Waals surface area contributed by atoms with Crippen molar-refractivity contribution in [1.29, 1.82) is 0 Å². The van der Waals surface area contributed by atoms with E-state index in [0.717, 1.165) is 25.0 Å². The summed E-state index contributed by atoms with van der Waals surface area (Å²) in [5, 5.41) is 7.12. The van der Waals surface area contributed by atoms with Crippen molar-refractivity contribution in [2.45, 2.75) is 64.4 Å². The van der Waals surface area contributed by atoms with E-state index in [1.807, 2.05) is 6.08 Å². The summed E-state index contributed by atoms with van der Waals surface area (Å²) in [4.78, 5) is 34.7. The van der Waals surface area contributed by atoms with E-state index in [0.29, 0.717) is 5.76 Å². The first-order valence-electron chi connectivity index (χ1n) is 11.3. The summed E-state index contributed by atoms with van der Waals surface area (Å²) < 4.78 is 22.2. The number of ether oxygens (including phenoxy) is 4. The van der Waals surface area contributed by atoms with E-state index in [1.165, 1.54) is 31.9 Å². The Bertz CT molecular complexity index is 948. The zero-order valence-corrected chi connectivity index (χ0v) is 19.1. The number of nitrogens with one attached hydrogen (secondary N) is 2. The minimum absolute atomic E-state index is 0.00753. The smallest absolute Gasteiger partial charge is 0.303 e. The van der Waals surface area contributed by atoms with E-state index in [-0.39, 0.29) is 25.4 Å². The third-order valence-electron chi connectivity index (χ3n) is 6.08. The molecule has 2 aliphatic carbocycles. The maximum absolute atomic E-state index is 11.8. The van der Waals surface area contributed by atoms with E-state index in [9.17, 15) is 14.4 Å². The molecule has 9 heteroatoms. The highest BCUT2D eigenvalue weighted by molar-refractivity contribution is 5.67. The Kier molecular flexibility index (Phi) is 6.88. The van der Waals surface area contributed by atoms with Crippen LogP contribution in [0.4, 0.5) is 0 Å². The minimum Gasteiger partial charge on any atom is -0.484 e. The van der Waals surface area contributed by atoms with Crippen molar-refractivity contribution in [2.24, 2.45) is 5.92 Å². The molecule has 33 heavy (non-hydrogen) atoms. The molecule has 4 aliphatic rings. The second kappa shape index (κ2) is 9.82. The van der Waals surface area contributed by atoms with E-state index in [4.69, 9.17) is 18.9 Å². The lowest BCUT2D eigenvalue weighted by Crippen LogP contribution is -2.58. The first-order valence-corrected chi connectivity index (χ1v) is 11.3. The average molecular weight is 459 g/mol. The molecule has 0 aromatic rings. The van der Waals surface area contributed by atoms with Gasteiger partial charge < -0.3 is 24.3 Å². The summed E-state index contributed by atoms with van der Waals surface area (Å²) in [5.74, 6) is -1.30. The Balaban J connectivity index is 1.61. The molecule has 1 saturated heterocycles. The fourth-order valence-electron chi connectivity index (χ4n) is 4.74. The predicted octanol–water partition coefficient (Wildman–Crippen LogP) is 1.76. The van der Waals surface area contributed by atoms with Crippen molar-refractivity contribution in [2.75, 3.05) is 13.2 Å². The molecule has 0 amide bonds. The van der Waals surface area contributed by atoms with Gasteiger partial charge in [-0.2, -0.15) is 0 Å². The Hall–Kier alpha value is -3.07.